The number of likely N-dealkylation sites (N-methyl/N-ethyl adjacent to an activating group) is 1. The van der Waals surface area contributed by atoms with Gasteiger partial charge in [-0.1, -0.05) is 30.3 Å². The van der Waals surface area contributed by atoms with E-state index in [1.54, 1.807) is 0 Å². The van der Waals surface area contributed by atoms with Gasteiger partial charge in [0.05, 0.1) is 12.7 Å². The highest BCUT2D eigenvalue weighted by Crippen LogP contribution is 2.29. The molecule has 1 aromatic carbocycles. The highest BCUT2D eigenvalue weighted by Gasteiger charge is 2.34. The molecule has 0 aliphatic heterocycles. The van der Waals surface area contributed by atoms with Gasteiger partial charge in [0.2, 0.25) is 0 Å². The zero-order valence-electron chi connectivity index (χ0n) is 12.5. The van der Waals surface area contributed by atoms with Crippen LogP contribution in [0.4, 0.5) is 0 Å². The van der Waals surface area contributed by atoms with Crippen LogP contribution in [0.1, 0.15) is 37.7 Å². The van der Waals surface area contributed by atoms with Crippen LogP contribution in [0.2, 0.25) is 0 Å². The van der Waals surface area contributed by atoms with Crippen LogP contribution >= 0.6 is 0 Å². The Bertz CT molecular complexity index is 376. The van der Waals surface area contributed by atoms with Crippen molar-refractivity contribution in [2.45, 2.75) is 50.2 Å². The second kappa shape index (κ2) is 7.77. The molecule has 1 saturated carbocycles. The molecule has 0 aromatic heterocycles. The largest absolute Gasteiger partial charge is 0.394 e. The molecule has 0 heterocycles. The van der Waals surface area contributed by atoms with Crippen LogP contribution in [0, 0.1) is 0 Å². The molecule has 2 N–H and O–H groups in total. The quantitative estimate of drug-likeness (QED) is 0.753. The van der Waals surface area contributed by atoms with Crippen LogP contribution in [0.3, 0.4) is 0 Å². The second-order valence-corrected chi connectivity index (χ2v) is 5.87. The fourth-order valence-corrected chi connectivity index (χ4v) is 3.07. The minimum absolute atomic E-state index is 0.123. The summed E-state index contributed by atoms with van der Waals surface area (Å²) in [5.41, 5.74) is 1.25. The molecule has 2 rings (SSSR count). The van der Waals surface area contributed by atoms with Gasteiger partial charge in [-0.05, 0) is 51.1 Å². The first kappa shape index (κ1) is 15.5. The zero-order valence-corrected chi connectivity index (χ0v) is 12.5. The summed E-state index contributed by atoms with van der Waals surface area (Å²) >= 11 is 0. The predicted octanol–water partition coefficient (Wildman–Crippen LogP) is 2.53. The maximum Gasteiger partial charge on any atom is 0.0614 e. The van der Waals surface area contributed by atoms with Crippen LogP contribution in [0.15, 0.2) is 30.3 Å². The molecule has 112 valence electrons. The summed E-state index contributed by atoms with van der Waals surface area (Å²) in [7, 11) is 1.94. The van der Waals surface area contributed by atoms with Crippen molar-refractivity contribution in [3.8, 4) is 0 Å². The Morgan fingerprint density at radius 3 is 2.85 bits per heavy atom. The van der Waals surface area contributed by atoms with Gasteiger partial charge in [-0.3, -0.25) is 0 Å². The standard InChI is InChI=1S/C17H27NO2/c1-18-17(14-19)11-5-10-16(13-17)20-12-6-9-15-7-3-2-4-8-15/h2-4,7-8,16,18-19H,5-6,9-14H2,1H3. The van der Waals surface area contributed by atoms with Crippen LogP contribution in [-0.2, 0) is 11.2 Å². The lowest BCUT2D eigenvalue weighted by Gasteiger charge is -2.39. The number of hydrogen-bond acceptors (Lipinski definition) is 3. The summed E-state index contributed by atoms with van der Waals surface area (Å²) in [5.74, 6) is 0. The summed E-state index contributed by atoms with van der Waals surface area (Å²) in [5, 5.41) is 12.8. The maximum absolute atomic E-state index is 9.56. The highest BCUT2D eigenvalue weighted by molar-refractivity contribution is 5.14. The highest BCUT2D eigenvalue weighted by atomic mass is 16.5. The van der Waals surface area contributed by atoms with Crippen LogP contribution < -0.4 is 5.32 Å². The minimum atomic E-state index is -0.123. The van der Waals surface area contributed by atoms with Crippen molar-refractivity contribution >= 4 is 0 Å². The van der Waals surface area contributed by atoms with E-state index >= 15 is 0 Å². The summed E-state index contributed by atoms with van der Waals surface area (Å²) in [4.78, 5) is 0. The predicted molar refractivity (Wildman–Crippen MR) is 81.8 cm³/mol. The van der Waals surface area contributed by atoms with Gasteiger partial charge in [0.15, 0.2) is 0 Å². The monoisotopic (exact) mass is 277 g/mol. The van der Waals surface area contributed by atoms with Gasteiger partial charge in [-0.15, -0.1) is 0 Å². The Labute approximate surface area is 122 Å². The van der Waals surface area contributed by atoms with Crippen molar-refractivity contribution in [2.75, 3.05) is 20.3 Å². The van der Waals surface area contributed by atoms with Crippen molar-refractivity contribution in [3.63, 3.8) is 0 Å². The third-order valence-corrected chi connectivity index (χ3v) is 4.44. The number of aryl methyl sites for hydroxylation is 1. The number of hydrogen-bond donors (Lipinski definition) is 2. The first-order valence-electron chi connectivity index (χ1n) is 7.73. The lowest BCUT2D eigenvalue weighted by Crippen LogP contribution is -2.51. The van der Waals surface area contributed by atoms with Crippen molar-refractivity contribution in [3.05, 3.63) is 35.9 Å². The van der Waals surface area contributed by atoms with E-state index in [1.807, 2.05) is 13.1 Å². The van der Waals surface area contributed by atoms with E-state index < -0.39 is 0 Å². The fourth-order valence-electron chi connectivity index (χ4n) is 3.07. The molecular weight excluding hydrogens is 250 g/mol. The number of ether oxygens (including phenoxy) is 1. The molecule has 2 atom stereocenters. The first-order valence-corrected chi connectivity index (χ1v) is 7.73. The molecular formula is C17H27NO2. The third kappa shape index (κ3) is 4.30. The number of aliphatic hydroxyl groups is 1. The average Bonchev–Trinajstić information content (AvgIpc) is 2.53. The Balaban J connectivity index is 1.69. The summed E-state index contributed by atoms with van der Waals surface area (Å²) in [6.45, 7) is 1.01. The molecule has 1 aliphatic carbocycles. The molecule has 1 aromatic rings. The first-order chi connectivity index (χ1) is 9.78. The Hall–Kier alpha value is -0.900. The van der Waals surface area contributed by atoms with Gasteiger partial charge in [0, 0.05) is 12.1 Å². The van der Waals surface area contributed by atoms with Crippen LogP contribution in [0.5, 0.6) is 0 Å². The van der Waals surface area contributed by atoms with E-state index in [9.17, 15) is 5.11 Å². The van der Waals surface area contributed by atoms with Gasteiger partial charge < -0.3 is 15.2 Å². The summed E-state index contributed by atoms with van der Waals surface area (Å²) in [6.07, 6.45) is 6.64. The maximum atomic E-state index is 9.56. The van der Waals surface area contributed by atoms with Crippen molar-refractivity contribution < 1.29 is 9.84 Å². The zero-order chi connectivity index (χ0) is 14.3. The molecule has 1 aliphatic rings. The molecule has 0 radical (unpaired) electrons. The van der Waals surface area contributed by atoms with Crippen molar-refractivity contribution in [1.82, 2.24) is 5.32 Å². The number of rotatable bonds is 7. The van der Waals surface area contributed by atoms with E-state index in [4.69, 9.17) is 4.74 Å². The number of aliphatic hydroxyl groups excluding tert-OH is 1. The molecule has 0 amide bonds. The molecule has 2 unspecified atom stereocenters. The van der Waals surface area contributed by atoms with E-state index in [0.29, 0.717) is 6.10 Å². The normalized spacial score (nSPS) is 26.6. The topological polar surface area (TPSA) is 41.5 Å². The third-order valence-electron chi connectivity index (χ3n) is 4.44. The van der Waals surface area contributed by atoms with E-state index in [-0.39, 0.29) is 12.1 Å². The molecule has 1 fully saturated rings. The number of benzene rings is 1. The smallest absolute Gasteiger partial charge is 0.0614 e. The summed E-state index contributed by atoms with van der Waals surface area (Å²) in [6, 6.07) is 10.5. The van der Waals surface area contributed by atoms with Gasteiger partial charge in [0.25, 0.3) is 0 Å². The molecule has 0 saturated heterocycles. The van der Waals surface area contributed by atoms with Gasteiger partial charge in [-0.2, -0.15) is 0 Å². The Morgan fingerprint density at radius 2 is 2.15 bits per heavy atom. The van der Waals surface area contributed by atoms with Crippen molar-refractivity contribution in [2.24, 2.45) is 0 Å². The van der Waals surface area contributed by atoms with Crippen molar-refractivity contribution in [1.29, 1.82) is 0 Å². The fraction of sp³-hybridized carbons (Fsp3) is 0.647. The lowest BCUT2D eigenvalue weighted by atomic mass is 9.81. The van der Waals surface area contributed by atoms with Gasteiger partial charge in [-0.25, -0.2) is 0 Å². The molecule has 3 heteroatoms. The lowest BCUT2D eigenvalue weighted by molar-refractivity contribution is -0.0144. The van der Waals surface area contributed by atoms with Gasteiger partial charge >= 0.3 is 0 Å². The van der Waals surface area contributed by atoms with Gasteiger partial charge in [0.1, 0.15) is 0 Å². The SMILES string of the molecule is CNC1(CO)CCCC(OCCCc2ccccc2)C1. The van der Waals surface area contributed by atoms with Crippen LogP contribution in [0.25, 0.3) is 0 Å². The molecule has 20 heavy (non-hydrogen) atoms. The Morgan fingerprint density at radius 1 is 1.35 bits per heavy atom. The number of nitrogens with one attached hydrogen (secondary N) is 1. The second-order valence-electron chi connectivity index (χ2n) is 5.87. The molecule has 3 nitrogen and oxygen atoms in total. The Kier molecular flexibility index (Phi) is 6.02. The van der Waals surface area contributed by atoms with Crippen LogP contribution in [-0.4, -0.2) is 37.0 Å². The van der Waals surface area contributed by atoms with E-state index in [0.717, 1.165) is 45.1 Å². The van der Waals surface area contributed by atoms with E-state index in [2.05, 4.69) is 29.6 Å². The average molecular weight is 277 g/mol. The molecule has 0 spiro atoms. The summed E-state index contributed by atoms with van der Waals surface area (Å²) < 4.78 is 6.01. The minimum Gasteiger partial charge on any atom is -0.394 e. The molecule has 0 bridgehead atoms. The van der Waals surface area contributed by atoms with E-state index in [1.165, 1.54) is 5.56 Å².